The van der Waals surface area contributed by atoms with E-state index in [1.54, 1.807) is 6.33 Å². The molecule has 0 saturated heterocycles. The van der Waals surface area contributed by atoms with E-state index in [4.69, 9.17) is 5.73 Å². The fourth-order valence-electron chi connectivity index (χ4n) is 2.34. The number of nitrogens with two attached hydrogens (primary N) is 1. The Hall–Kier alpha value is -1.90. The van der Waals surface area contributed by atoms with Crippen LogP contribution in [0.5, 0.6) is 0 Å². The molecule has 100 valence electrons. The first-order valence-electron chi connectivity index (χ1n) is 6.80. The van der Waals surface area contributed by atoms with Gasteiger partial charge in [-0.15, -0.1) is 0 Å². The maximum Gasteiger partial charge on any atom is 0.130 e. The Balaban J connectivity index is 2.44. The number of anilines is 1. The van der Waals surface area contributed by atoms with Crippen LogP contribution in [0.1, 0.15) is 31.9 Å². The maximum atomic E-state index is 5.94. The predicted molar refractivity (Wildman–Crippen MR) is 79.8 cm³/mol. The van der Waals surface area contributed by atoms with Crippen LogP contribution in [0.4, 0.5) is 5.82 Å². The number of nitrogen functional groups attached to an aromatic ring is 1. The van der Waals surface area contributed by atoms with Gasteiger partial charge in [0.15, 0.2) is 0 Å². The van der Waals surface area contributed by atoms with Crippen molar-refractivity contribution in [1.29, 1.82) is 0 Å². The third-order valence-electron chi connectivity index (χ3n) is 3.18. The van der Waals surface area contributed by atoms with E-state index in [9.17, 15) is 0 Å². The second-order valence-corrected chi connectivity index (χ2v) is 5.24. The van der Waals surface area contributed by atoms with E-state index in [-0.39, 0.29) is 0 Å². The largest absolute Gasteiger partial charge is 0.383 e. The van der Waals surface area contributed by atoms with Gasteiger partial charge in [0.25, 0.3) is 0 Å². The highest BCUT2D eigenvalue weighted by Gasteiger charge is 2.10. The van der Waals surface area contributed by atoms with Crippen molar-refractivity contribution in [3.63, 3.8) is 0 Å². The molecule has 0 radical (unpaired) electrons. The standard InChI is InChI=1S/C16H21N3/c1-4-14-15(18-10-19-16(14)17)13-7-5-6-12(9-13)8-11(2)3/h5-7,9-11H,4,8H2,1-3H3,(H2,17,18,19). The number of hydrogen-bond donors (Lipinski definition) is 1. The summed E-state index contributed by atoms with van der Waals surface area (Å²) in [4.78, 5) is 8.48. The van der Waals surface area contributed by atoms with Gasteiger partial charge in [0, 0.05) is 11.1 Å². The molecule has 19 heavy (non-hydrogen) atoms. The first kappa shape index (κ1) is 13.5. The fraction of sp³-hybridized carbons (Fsp3) is 0.375. The summed E-state index contributed by atoms with van der Waals surface area (Å²) in [6.45, 7) is 6.54. The topological polar surface area (TPSA) is 51.8 Å². The van der Waals surface area contributed by atoms with Crippen molar-refractivity contribution >= 4 is 5.82 Å². The minimum atomic E-state index is 0.585. The Morgan fingerprint density at radius 3 is 2.68 bits per heavy atom. The lowest BCUT2D eigenvalue weighted by Crippen LogP contribution is -2.02. The quantitative estimate of drug-likeness (QED) is 0.909. The molecular formula is C16H21N3. The third-order valence-corrected chi connectivity index (χ3v) is 3.18. The Labute approximate surface area is 114 Å². The van der Waals surface area contributed by atoms with Gasteiger partial charge >= 0.3 is 0 Å². The monoisotopic (exact) mass is 255 g/mol. The van der Waals surface area contributed by atoms with Gasteiger partial charge in [-0.2, -0.15) is 0 Å². The molecule has 3 nitrogen and oxygen atoms in total. The number of hydrogen-bond acceptors (Lipinski definition) is 3. The van der Waals surface area contributed by atoms with Gasteiger partial charge in [0.05, 0.1) is 5.69 Å². The molecule has 3 heteroatoms. The summed E-state index contributed by atoms with van der Waals surface area (Å²) in [7, 11) is 0. The summed E-state index contributed by atoms with van der Waals surface area (Å²) in [5, 5.41) is 0. The van der Waals surface area contributed by atoms with Crippen LogP contribution >= 0.6 is 0 Å². The summed E-state index contributed by atoms with van der Waals surface area (Å²) >= 11 is 0. The summed E-state index contributed by atoms with van der Waals surface area (Å²) in [5.41, 5.74) is 10.4. The van der Waals surface area contributed by atoms with Crippen LogP contribution in [0.25, 0.3) is 11.3 Å². The molecule has 1 heterocycles. The molecule has 0 atom stereocenters. The molecule has 0 aliphatic carbocycles. The number of rotatable bonds is 4. The average Bonchev–Trinajstić information content (AvgIpc) is 2.38. The number of aromatic nitrogens is 2. The summed E-state index contributed by atoms with van der Waals surface area (Å²) < 4.78 is 0. The van der Waals surface area contributed by atoms with E-state index in [2.05, 4.69) is 55.0 Å². The Kier molecular flexibility index (Phi) is 4.15. The minimum Gasteiger partial charge on any atom is -0.383 e. The van der Waals surface area contributed by atoms with Gasteiger partial charge in [0.2, 0.25) is 0 Å². The predicted octanol–water partition coefficient (Wildman–Crippen LogP) is 3.49. The van der Waals surface area contributed by atoms with Gasteiger partial charge in [-0.05, 0) is 30.4 Å². The molecule has 2 N–H and O–H groups in total. The smallest absolute Gasteiger partial charge is 0.130 e. The highest BCUT2D eigenvalue weighted by molar-refractivity contribution is 5.67. The van der Waals surface area contributed by atoms with Crippen LogP contribution in [-0.2, 0) is 12.8 Å². The van der Waals surface area contributed by atoms with E-state index in [0.29, 0.717) is 11.7 Å². The zero-order valence-electron chi connectivity index (χ0n) is 11.9. The van der Waals surface area contributed by atoms with Crippen molar-refractivity contribution in [2.75, 3.05) is 5.73 Å². The molecule has 0 aliphatic rings. The van der Waals surface area contributed by atoms with Crippen molar-refractivity contribution in [2.45, 2.75) is 33.6 Å². The van der Waals surface area contributed by atoms with Gasteiger partial charge in [-0.3, -0.25) is 0 Å². The molecule has 0 saturated carbocycles. The second kappa shape index (κ2) is 5.83. The normalized spacial score (nSPS) is 10.9. The lowest BCUT2D eigenvalue weighted by atomic mass is 9.98. The lowest BCUT2D eigenvalue weighted by molar-refractivity contribution is 0.647. The lowest BCUT2D eigenvalue weighted by Gasteiger charge is -2.11. The van der Waals surface area contributed by atoms with Crippen molar-refractivity contribution in [3.05, 3.63) is 41.7 Å². The van der Waals surface area contributed by atoms with Gasteiger partial charge in [-0.25, -0.2) is 9.97 Å². The zero-order chi connectivity index (χ0) is 13.8. The molecule has 0 aliphatic heterocycles. The number of nitrogens with zero attached hydrogens (tertiary/aromatic N) is 2. The van der Waals surface area contributed by atoms with Gasteiger partial charge < -0.3 is 5.73 Å². The van der Waals surface area contributed by atoms with Gasteiger partial charge in [0.1, 0.15) is 12.1 Å². The molecule has 2 rings (SSSR count). The SMILES string of the molecule is CCc1c(N)ncnc1-c1cccc(CC(C)C)c1. The molecule has 2 aromatic rings. The van der Waals surface area contributed by atoms with E-state index < -0.39 is 0 Å². The molecule has 0 amide bonds. The van der Waals surface area contributed by atoms with Crippen molar-refractivity contribution in [1.82, 2.24) is 9.97 Å². The second-order valence-electron chi connectivity index (χ2n) is 5.24. The van der Waals surface area contributed by atoms with Crippen LogP contribution in [0, 0.1) is 5.92 Å². The minimum absolute atomic E-state index is 0.585. The summed E-state index contributed by atoms with van der Waals surface area (Å²) in [6.07, 6.45) is 3.46. The van der Waals surface area contributed by atoms with Crippen LogP contribution in [-0.4, -0.2) is 9.97 Å². The molecule has 0 bridgehead atoms. The van der Waals surface area contributed by atoms with E-state index in [1.165, 1.54) is 5.56 Å². The Bertz CT molecular complexity index is 562. The average molecular weight is 255 g/mol. The highest BCUT2D eigenvalue weighted by atomic mass is 14.9. The molecule has 0 spiro atoms. The van der Waals surface area contributed by atoms with Crippen LogP contribution in [0.15, 0.2) is 30.6 Å². The summed E-state index contributed by atoms with van der Waals surface area (Å²) in [6, 6.07) is 8.55. The number of benzene rings is 1. The van der Waals surface area contributed by atoms with Crippen molar-refractivity contribution < 1.29 is 0 Å². The van der Waals surface area contributed by atoms with Crippen LogP contribution < -0.4 is 5.73 Å². The van der Waals surface area contributed by atoms with Gasteiger partial charge in [-0.1, -0.05) is 39.0 Å². The van der Waals surface area contributed by atoms with Crippen LogP contribution in [0.2, 0.25) is 0 Å². The zero-order valence-corrected chi connectivity index (χ0v) is 11.9. The molecule has 1 aromatic heterocycles. The van der Waals surface area contributed by atoms with Crippen LogP contribution in [0.3, 0.4) is 0 Å². The molecule has 0 unspecified atom stereocenters. The first-order chi connectivity index (χ1) is 9.11. The molecule has 0 fully saturated rings. The fourth-order valence-corrected chi connectivity index (χ4v) is 2.34. The van der Waals surface area contributed by atoms with E-state index in [0.717, 1.165) is 29.7 Å². The summed E-state index contributed by atoms with van der Waals surface area (Å²) in [5.74, 6) is 1.23. The first-order valence-corrected chi connectivity index (χ1v) is 6.80. The maximum absolute atomic E-state index is 5.94. The third kappa shape index (κ3) is 3.11. The molecular weight excluding hydrogens is 234 g/mol. The Morgan fingerprint density at radius 1 is 1.21 bits per heavy atom. The van der Waals surface area contributed by atoms with Crippen molar-refractivity contribution in [3.8, 4) is 11.3 Å². The van der Waals surface area contributed by atoms with E-state index >= 15 is 0 Å². The Morgan fingerprint density at radius 2 is 2.00 bits per heavy atom. The molecule has 1 aromatic carbocycles. The highest BCUT2D eigenvalue weighted by Crippen LogP contribution is 2.26. The van der Waals surface area contributed by atoms with E-state index in [1.807, 2.05) is 0 Å². The van der Waals surface area contributed by atoms with Crippen molar-refractivity contribution in [2.24, 2.45) is 5.92 Å².